The number of imidazole rings is 1. The number of amides is 1. The van der Waals surface area contributed by atoms with Crippen LogP contribution in [0, 0.1) is 19.8 Å². The Hall–Kier alpha value is -2.15. The Kier molecular flexibility index (Phi) is 4.45. The molecular weight excluding hydrogens is 370 g/mol. The van der Waals surface area contributed by atoms with E-state index in [0.29, 0.717) is 12.5 Å². The zero-order chi connectivity index (χ0) is 17.4. The molecule has 24 heavy (non-hydrogen) atoms. The van der Waals surface area contributed by atoms with Gasteiger partial charge in [-0.15, -0.1) is 0 Å². The summed E-state index contributed by atoms with van der Waals surface area (Å²) in [5.41, 5.74) is 3.80. The molecule has 0 saturated carbocycles. The quantitative estimate of drug-likeness (QED) is 0.743. The van der Waals surface area contributed by atoms with Gasteiger partial charge in [0, 0.05) is 12.7 Å². The Bertz CT molecular complexity index is 911. The molecule has 2 aromatic heterocycles. The van der Waals surface area contributed by atoms with Crippen molar-refractivity contribution in [2.75, 3.05) is 5.32 Å². The molecule has 6 nitrogen and oxygen atoms in total. The van der Waals surface area contributed by atoms with Crippen LogP contribution in [0.5, 0.6) is 0 Å². The molecule has 0 spiro atoms. The number of rotatable bonds is 4. The maximum absolute atomic E-state index is 12.5. The summed E-state index contributed by atoms with van der Waals surface area (Å²) in [6.45, 7) is 6.34. The maximum Gasteiger partial charge on any atom is 0.231 e. The summed E-state index contributed by atoms with van der Waals surface area (Å²) in [4.78, 5) is 17.0. The summed E-state index contributed by atoms with van der Waals surface area (Å²) in [5, 5.41) is 7.38. The van der Waals surface area contributed by atoms with Crippen molar-refractivity contribution in [2.45, 2.75) is 27.3 Å². The Morgan fingerprint density at radius 2 is 2.04 bits per heavy atom. The molecule has 0 unspecified atom stereocenters. The third-order valence-corrected chi connectivity index (χ3v) is 5.36. The van der Waals surface area contributed by atoms with Gasteiger partial charge in [0.15, 0.2) is 0 Å². The number of carbonyl (C=O) groups excluding carboxylic acids is 1. The van der Waals surface area contributed by atoms with Crippen LogP contribution in [0.2, 0.25) is 0 Å². The fourth-order valence-electron chi connectivity index (χ4n) is 2.69. The van der Waals surface area contributed by atoms with Crippen LogP contribution in [-0.2, 0) is 18.4 Å². The number of aryl methyl sites for hydroxylation is 2. The molecule has 3 rings (SSSR count). The Morgan fingerprint density at radius 3 is 2.67 bits per heavy atom. The third-order valence-electron chi connectivity index (χ3n) is 4.21. The first-order valence-corrected chi connectivity index (χ1v) is 8.59. The zero-order valence-electron chi connectivity index (χ0n) is 14.2. The summed E-state index contributed by atoms with van der Waals surface area (Å²) >= 11 is 3.51. The van der Waals surface area contributed by atoms with E-state index in [0.717, 1.165) is 26.9 Å². The van der Waals surface area contributed by atoms with Gasteiger partial charge in [-0.2, -0.15) is 5.10 Å². The summed E-state index contributed by atoms with van der Waals surface area (Å²) < 4.78 is 4.74. The number of nitrogens with zero attached hydrogens (tertiary/aromatic N) is 4. The first-order chi connectivity index (χ1) is 11.4. The van der Waals surface area contributed by atoms with Crippen molar-refractivity contribution in [3.8, 4) is 0 Å². The average Bonchev–Trinajstić information content (AvgIpc) is 3.00. The lowest BCUT2D eigenvalue weighted by Gasteiger charge is -2.13. The number of fused-ring (bicyclic) bond motifs is 1. The molecule has 126 valence electrons. The van der Waals surface area contributed by atoms with E-state index in [-0.39, 0.29) is 11.8 Å². The minimum absolute atomic E-state index is 0.0721. The highest BCUT2D eigenvalue weighted by atomic mass is 79.9. The van der Waals surface area contributed by atoms with Gasteiger partial charge in [-0.3, -0.25) is 14.8 Å². The van der Waals surface area contributed by atoms with Crippen LogP contribution in [-0.4, -0.2) is 25.2 Å². The zero-order valence-corrected chi connectivity index (χ0v) is 15.8. The predicted molar refractivity (Wildman–Crippen MR) is 97.9 cm³/mol. The monoisotopic (exact) mass is 389 g/mol. The Morgan fingerprint density at radius 1 is 1.33 bits per heavy atom. The third kappa shape index (κ3) is 2.96. The van der Waals surface area contributed by atoms with Gasteiger partial charge in [-0.25, -0.2) is 4.98 Å². The van der Waals surface area contributed by atoms with E-state index in [1.165, 1.54) is 0 Å². The van der Waals surface area contributed by atoms with Crippen molar-refractivity contribution in [3.63, 3.8) is 0 Å². The molecule has 7 heteroatoms. The van der Waals surface area contributed by atoms with Gasteiger partial charge >= 0.3 is 0 Å². The predicted octanol–water partition coefficient (Wildman–Crippen LogP) is 3.42. The minimum atomic E-state index is -0.227. The number of aromatic nitrogens is 4. The molecule has 1 aromatic carbocycles. The Labute approximate surface area is 149 Å². The Balaban J connectivity index is 1.76. The van der Waals surface area contributed by atoms with E-state index >= 15 is 0 Å². The second kappa shape index (κ2) is 6.39. The highest BCUT2D eigenvalue weighted by Crippen LogP contribution is 2.21. The number of benzene rings is 1. The molecule has 0 aliphatic heterocycles. The van der Waals surface area contributed by atoms with Crippen molar-refractivity contribution in [3.05, 3.63) is 40.1 Å². The summed E-state index contributed by atoms with van der Waals surface area (Å²) in [6, 6.07) is 7.81. The molecule has 0 fully saturated rings. The van der Waals surface area contributed by atoms with Crippen LogP contribution < -0.4 is 5.32 Å². The molecule has 2 heterocycles. The van der Waals surface area contributed by atoms with E-state index in [2.05, 4.69) is 31.3 Å². The number of nitrogens with one attached hydrogen (secondary N) is 1. The highest BCUT2D eigenvalue weighted by Gasteiger charge is 2.19. The molecule has 0 aliphatic carbocycles. The molecule has 3 aromatic rings. The number of para-hydroxylation sites is 2. The molecule has 0 saturated heterocycles. The van der Waals surface area contributed by atoms with E-state index in [1.807, 2.05) is 61.3 Å². The number of carbonyl (C=O) groups is 1. The molecule has 0 bridgehead atoms. The van der Waals surface area contributed by atoms with Crippen molar-refractivity contribution in [1.82, 2.24) is 19.3 Å². The minimum Gasteiger partial charge on any atom is -0.313 e. The molecular formula is C17H20BrN5O. The van der Waals surface area contributed by atoms with E-state index < -0.39 is 0 Å². The smallest absolute Gasteiger partial charge is 0.231 e. The first kappa shape index (κ1) is 16.7. The van der Waals surface area contributed by atoms with Gasteiger partial charge in [-0.1, -0.05) is 19.1 Å². The lowest BCUT2D eigenvalue weighted by molar-refractivity contribution is -0.119. The SMILES string of the molecule is Cc1nn(C[C@H](C)C(=O)Nc2nc3ccccc3n2C)c(C)c1Br. The maximum atomic E-state index is 12.5. The number of hydrogen-bond donors (Lipinski definition) is 1. The van der Waals surface area contributed by atoms with E-state index in [4.69, 9.17) is 0 Å². The van der Waals surface area contributed by atoms with Crippen LogP contribution >= 0.6 is 15.9 Å². The van der Waals surface area contributed by atoms with Crippen LogP contribution in [0.4, 0.5) is 5.95 Å². The lowest BCUT2D eigenvalue weighted by Crippen LogP contribution is -2.26. The second-order valence-electron chi connectivity index (χ2n) is 6.04. The molecule has 0 aliphatic rings. The molecule has 0 radical (unpaired) electrons. The van der Waals surface area contributed by atoms with E-state index in [1.54, 1.807) is 0 Å². The van der Waals surface area contributed by atoms with Gasteiger partial charge in [0.25, 0.3) is 0 Å². The van der Waals surface area contributed by atoms with E-state index in [9.17, 15) is 4.79 Å². The largest absolute Gasteiger partial charge is 0.313 e. The van der Waals surface area contributed by atoms with Crippen molar-refractivity contribution in [2.24, 2.45) is 13.0 Å². The molecule has 1 atom stereocenters. The van der Waals surface area contributed by atoms with Crippen LogP contribution in [0.3, 0.4) is 0 Å². The molecule has 1 N–H and O–H groups in total. The summed E-state index contributed by atoms with van der Waals surface area (Å²) in [5.74, 6) is 0.259. The van der Waals surface area contributed by atoms with Gasteiger partial charge in [0.1, 0.15) is 0 Å². The van der Waals surface area contributed by atoms with Gasteiger partial charge in [0.05, 0.1) is 33.7 Å². The fraction of sp³-hybridized carbons (Fsp3) is 0.353. The van der Waals surface area contributed by atoms with Crippen molar-refractivity contribution >= 4 is 38.8 Å². The summed E-state index contributed by atoms with van der Waals surface area (Å²) in [6.07, 6.45) is 0. The summed E-state index contributed by atoms with van der Waals surface area (Å²) in [7, 11) is 1.90. The first-order valence-electron chi connectivity index (χ1n) is 7.80. The lowest BCUT2D eigenvalue weighted by atomic mass is 10.1. The van der Waals surface area contributed by atoms with Crippen LogP contribution in [0.15, 0.2) is 28.7 Å². The average molecular weight is 390 g/mol. The van der Waals surface area contributed by atoms with Gasteiger partial charge < -0.3 is 4.57 Å². The fourth-order valence-corrected chi connectivity index (χ4v) is 2.97. The number of hydrogen-bond acceptors (Lipinski definition) is 3. The van der Waals surface area contributed by atoms with Gasteiger partial charge in [-0.05, 0) is 41.9 Å². The van der Waals surface area contributed by atoms with Crippen molar-refractivity contribution < 1.29 is 4.79 Å². The van der Waals surface area contributed by atoms with Crippen LogP contribution in [0.25, 0.3) is 11.0 Å². The van der Waals surface area contributed by atoms with Gasteiger partial charge in [0.2, 0.25) is 11.9 Å². The van der Waals surface area contributed by atoms with Crippen molar-refractivity contribution in [1.29, 1.82) is 0 Å². The highest BCUT2D eigenvalue weighted by molar-refractivity contribution is 9.10. The normalized spacial score (nSPS) is 12.5. The topological polar surface area (TPSA) is 64.7 Å². The second-order valence-corrected chi connectivity index (χ2v) is 6.83. The number of anilines is 1. The van der Waals surface area contributed by atoms with Crippen LogP contribution in [0.1, 0.15) is 18.3 Å². The molecule has 1 amide bonds. The standard InChI is InChI=1S/C17H20BrN5O/c1-10(9-23-12(3)15(18)11(2)21-23)16(24)20-17-19-13-7-5-6-8-14(13)22(17)4/h5-8,10H,9H2,1-4H3,(H,19,20,24)/t10-/m0/s1. The number of halogens is 1.